The smallest absolute Gasteiger partial charge is 0.341 e. The van der Waals surface area contributed by atoms with E-state index < -0.39 is 11.8 Å². The van der Waals surface area contributed by atoms with E-state index in [9.17, 15) is 4.79 Å². The lowest BCUT2D eigenvalue weighted by Crippen LogP contribution is -2.12. The molecule has 0 fully saturated rings. The van der Waals surface area contributed by atoms with Crippen LogP contribution in [0.1, 0.15) is 22.8 Å². The molecule has 0 unspecified atom stereocenters. The van der Waals surface area contributed by atoms with E-state index in [1.54, 1.807) is 6.92 Å². The number of aryl methyl sites for hydroxylation is 1. The van der Waals surface area contributed by atoms with Gasteiger partial charge in [0.25, 0.3) is 0 Å². The number of carbonyl (C=O) groups excluding carboxylic acids is 1. The molecule has 0 N–H and O–H groups in total. The van der Waals surface area contributed by atoms with Crippen molar-refractivity contribution >= 4 is 5.97 Å². The topological polar surface area (TPSA) is 39.2 Å². The van der Waals surface area contributed by atoms with Crippen LogP contribution in [-0.2, 0) is 4.74 Å². The molecular formula is C27H22FNO2. The van der Waals surface area contributed by atoms with Gasteiger partial charge in [-0.2, -0.15) is 0 Å². The summed E-state index contributed by atoms with van der Waals surface area (Å²) < 4.78 is 21.4. The first kappa shape index (κ1) is 20.5. The molecule has 0 atom stereocenters. The van der Waals surface area contributed by atoms with Gasteiger partial charge in [0, 0.05) is 16.7 Å². The largest absolute Gasteiger partial charge is 0.462 e. The molecule has 0 spiro atoms. The molecule has 0 radical (unpaired) electrons. The Balaban J connectivity index is 2.11. The van der Waals surface area contributed by atoms with E-state index in [2.05, 4.69) is 4.98 Å². The number of esters is 1. The van der Waals surface area contributed by atoms with Gasteiger partial charge in [-0.1, -0.05) is 90.5 Å². The lowest BCUT2D eigenvalue weighted by Gasteiger charge is -2.18. The van der Waals surface area contributed by atoms with Gasteiger partial charge in [0.15, 0.2) is 5.82 Å². The Morgan fingerprint density at radius 3 is 1.90 bits per heavy atom. The number of carbonyl (C=O) groups is 1. The molecule has 1 aromatic heterocycles. The van der Waals surface area contributed by atoms with E-state index in [0.717, 1.165) is 11.1 Å². The predicted molar refractivity (Wildman–Crippen MR) is 121 cm³/mol. The van der Waals surface area contributed by atoms with Crippen molar-refractivity contribution in [3.63, 3.8) is 0 Å². The summed E-state index contributed by atoms with van der Waals surface area (Å²) in [6.07, 6.45) is 0. The van der Waals surface area contributed by atoms with Crippen molar-refractivity contribution in [1.82, 2.24) is 4.98 Å². The predicted octanol–water partition coefficient (Wildman–Crippen LogP) is 6.71. The second kappa shape index (κ2) is 8.92. The highest BCUT2D eigenvalue weighted by molar-refractivity contribution is 6.04. The summed E-state index contributed by atoms with van der Waals surface area (Å²) in [5.74, 6) is -1.14. The molecule has 3 aromatic carbocycles. The van der Waals surface area contributed by atoms with Crippen molar-refractivity contribution in [2.45, 2.75) is 13.8 Å². The number of nitrogens with zero attached hydrogens (tertiary/aromatic N) is 1. The molecule has 1 heterocycles. The van der Waals surface area contributed by atoms with Gasteiger partial charge in [-0.05, 0) is 19.4 Å². The number of benzene rings is 3. The average Bonchev–Trinajstić information content (AvgIpc) is 2.81. The average molecular weight is 411 g/mol. The first-order valence-corrected chi connectivity index (χ1v) is 10.2. The quantitative estimate of drug-likeness (QED) is 0.343. The van der Waals surface area contributed by atoms with E-state index in [-0.39, 0.29) is 23.4 Å². The Morgan fingerprint density at radius 2 is 1.35 bits per heavy atom. The van der Waals surface area contributed by atoms with Crippen LogP contribution in [0.2, 0.25) is 0 Å². The van der Waals surface area contributed by atoms with Crippen LogP contribution in [0.25, 0.3) is 33.6 Å². The minimum Gasteiger partial charge on any atom is -0.462 e. The summed E-state index contributed by atoms with van der Waals surface area (Å²) in [4.78, 5) is 17.7. The monoisotopic (exact) mass is 411 g/mol. The van der Waals surface area contributed by atoms with Gasteiger partial charge in [0.05, 0.1) is 17.9 Å². The maximum atomic E-state index is 16.0. The molecule has 0 saturated carbocycles. The zero-order valence-corrected chi connectivity index (χ0v) is 17.4. The summed E-state index contributed by atoms with van der Waals surface area (Å²) in [6, 6.07) is 25.9. The van der Waals surface area contributed by atoms with Crippen LogP contribution in [0.3, 0.4) is 0 Å². The fourth-order valence-corrected chi connectivity index (χ4v) is 3.55. The molecule has 0 saturated heterocycles. The van der Waals surface area contributed by atoms with Gasteiger partial charge in [0.1, 0.15) is 5.69 Å². The normalized spacial score (nSPS) is 10.7. The maximum absolute atomic E-state index is 16.0. The van der Waals surface area contributed by atoms with E-state index in [4.69, 9.17) is 4.74 Å². The van der Waals surface area contributed by atoms with E-state index in [1.807, 2.05) is 91.9 Å². The number of hydrogen-bond donors (Lipinski definition) is 0. The van der Waals surface area contributed by atoms with Crippen LogP contribution in [0.5, 0.6) is 0 Å². The van der Waals surface area contributed by atoms with Crippen LogP contribution >= 0.6 is 0 Å². The summed E-state index contributed by atoms with van der Waals surface area (Å²) in [5, 5.41) is 0. The molecule has 4 aromatic rings. The van der Waals surface area contributed by atoms with Crippen molar-refractivity contribution in [3.8, 4) is 33.6 Å². The third-order valence-electron chi connectivity index (χ3n) is 5.05. The van der Waals surface area contributed by atoms with Crippen molar-refractivity contribution in [2.75, 3.05) is 6.61 Å². The Morgan fingerprint density at radius 1 is 0.806 bits per heavy atom. The van der Waals surface area contributed by atoms with E-state index in [0.29, 0.717) is 16.8 Å². The first-order valence-electron chi connectivity index (χ1n) is 10.2. The minimum atomic E-state index is -0.595. The van der Waals surface area contributed by atoms with Crippen molar-refractivity contribution < 1.29 is 13.9 Å². The summed E-state index contributed by atoms with van der Waals surface area (Å²) in [6.45, 7) is 3.87. The van der Waals surface area contributed by atoms with Crippen molar-refractivity contribution in [2.24, 2.45) is 0 Å². The molecule has 31 heavy (non-hydrogen) atoms. The number of aromatic nitrogens is 1. The van der Waals surface area contributed by atoms with Crippen molar-refractivity contribution in [3.05, 3.63) is 102 Å². The summed E-state index contributed by atoms with van der Waals surface area (Å²) >= 11 is 0. The second-order valence-electron chi connectivity index (χ2n) is 7.19. The molecule has 0 aliphatic heterocycles. The van der Waals surface area contributed by atoms with Crippen LogP contribution in [0.15, 0.2) is 84.9 Å². The summed E-state index contributed by atoms with van der Waals surface area (Å²) in [5.41, 5.74) is 3.93. The second-order valence-corrected chi connectivity index (χ2v) is 7.19. The number of hydrogen-bond acceptors (Lipinski definition) is 3. The molecule has 0 aliphatic carbocycles. The number of halogens is 1. The molecule has 0 aliphatic rings. The fraction of sp³-hybridized carbons (Fsp3) is 0.111. The Kier molecular flexibility index (Phi) is 5.89. The third-order valence-corrected chi connectivity index (χ3v) is 5.05. The highest BCUT2D eigenvalue weighted by Crippen LogP contribution is 2.38. The van der Waals surface area contributed by atoms with Crippen LogP contribution in [0.4, 0.5) is 4.39 Å². The minimum absolute atomic E-state index is 0.133. The van der Waals surface area contributed by atoms with Crippen molar-refractivity contribution in [1.29, 1.82) is 0 Å². The Bertz CT molecular complexity index is 1200. The molecule has 0 amide bonds. The summed E-state index contributed by atoms with van der Waals surface area (Å²) in [7, 11) is 0. The molecule has 4 rings (SSSR count). The number of rotatable bonds is 5. The van der Waals surface area contributed by atoms with Crippen LogP contribution in [0, 0.1) is 12.7 Å². The molecule has 4 heteroatoms. The van der Waals surface area contributed by atoms with Gasteiger partial charge >= 0.3 is 5.97 Å². The van der Waals surface area contributed by atoms with Gasteiger partial charge in [-0.25, -0.2) is 14.2 Å². The molecule has 154 valence electrons. The number of ether oxygens (including phenoxy) is 1. The lowest BCUT2D eigenvalue weighted by atomic mass is 9.92. The van der Waals surface area contributed by atoms with Crippen LogP contribution in [-0.4, -0.2) is 17.6 Å². The molecule has 3 nitrogen and oxygen atoms in total. The van der Waals surface area contributed by atoms with Gasteiger partial charge in [0.2, 0.25) is 0 Å². The Labute approximate surface area is 181 Å². The molecule has 0 bridgehead atoms. The zero-order valence-electron chi connectivity index (χ0n) is 17.4. The SMILES string of the molecule is CCOC(=O)c1c(-c2ccccc2)nc(-c2ccccc2)c(F)c1-c1ccc(C)cc1. The zero-order chi connectivity index (χ0) is 21.8. The van der Waals surface area contributed by atoms with Gasteiger partial charge < -0.3 is 4.74 Å². The van der Waals surface area contributed by atoms with E-state index in [1.165, 1.54) is 0 Å². The fourth-order valence-electron chi connectivity index (χ4n) is 3.55. The highest BCUT2D eigenvalue weighted by atomic mass is 19.1. The maximum Gasteiger partial charge on any atom is 0.341 e. The highest BCUT2D eigenvalue weighted by Gasteiger charge is 2.28. The lowest BCUT2D eigenvalue weighted by molar-refractivity contribution is 0.0527. The van der Waals surface area contributed by atoms with Crippen LogP contribution < -0.4 is 0 Å². The number of pyridine rings is 1. The van der Waals surface area contributed by atoms with Gasteiger partial charge in [-0.15, -0.1) is 0 Å². The van der Waals surface area contributed by atoms with Gasteiger partial charge in [-0.3, -0.25) is 0 Å². The first-order chi connectivity index (χ1) is 15.1. The molecular weight excluding hydrogens is 389 g/mol. The van der Waals surface area contributed by atoms with E-state index >= 15 is 4.39 Å². The third kappa shape index (κ3) is 4.10. The standard InChI is InChI=1S/C27H22FNO2/c1-3-31-27(30)23-22(19-16-14-18(2)15-17-19)24(28)26(21-12-8-5-9-13-21)29-25(23)20-10-6-4-7-11-20/h4-17H,3H2,1-2H3. The Hall–Kier alpha value is -3.79.